The molecular formula is C24H15Cl3N2OS. The van der Waals surface area contributed by atoms with E-state index < -0.39 is 0 Å². The number of aromatic nitrogens is 2. The van der Waals surface area contributed by atoms with E-state index >= 15 is 0 Å². The van der Waals surface area contributed by atoms with Gasteiger partial charge in [0.2, 0.25) is 0 Å². The molecule has 0 aliphatic rings. The Morgan fingerprint density at radius 3 is 2.16 bits per heavy atom. The topological polar surface area (TPSA) is 35.0 Å². The van der Waals surface area contributed by atoms with Gasteiger partial charge < -0.3 is 4.74 Å². The number of halogens is 3. The molecule has 0 saturated heterocycles. The average Bonchev–Trinajstić information content (AvgIpc) is 2.79. The summed E-state index contributed by atoms with van der Waals surface area (Å²) in [5.74, 6) is 0. The van der Waals surface area contributed by atoms with Crippen LogP contribution in [0.25, 0.3) is 22.4 Å². The van der Waals surface area contributed by atoms with Crippen LogP contribution in [-0.2, 0) is 6.61 Å². The maximum Gasteiger partial charge on any atom is 0.317 e. The lowest BCUT2D eigenvalue weighted by molar-refractivity contribution is 0.281. The molecule has 0 aliphatic carbocycles. The van der Waals surface area contributed by atoms with Gasteiger partial charge in [-0.25, -0.2) is 4.98 Å². The monoisotopic (exact) mass is 484 g/mol. The van der Waals surface area contributed by atoms with Crippen molar-refractivity contribution in [2.75, 3.05) is 0 Å². The molecule has 0 bridgehead atoms. The van der Waals surface area contributed by atoms with Crippen LogP contribution in [0, 0.1) is 0 Å². The molecule has 31 heavy (non-hydrogen) atoms. The highest BCUT2D eigenvalue weighted by molar-refractivity contribution is 7.79. The van der Waals surface area contributed by atoms with Gasteiger partial charge in [-0.05, 0) is 41.5 Å². The highest BCUT2D eigenvalue weighted by Crippen LogP contribution is 2.36. The summed E-state index contributed by atoms with van der Waals surface area (Å²) in [5, 5.41) is 3.46. The van der Waals surface area contributed by atoms with Gasteiger partial charge in [0.1, 0.15) is 6.61 Å². The van der Waals surface area contributed by atoms with E-state index in [1.165, 1.54) is 0 Å². The first-order chi connectivity index (χ1) is 15.0. The third-order valence-electron chi connectivity index (χ3n) is 4.58. The number of benzene rings is 3. The molecule has 1 heterocycles. The van der Waals surface area contributed by atoms with Crippen LogP contribution in [0.15, 0.2) is 72.9 Å². The molecule has 0 unspecified atom stereocenters. The van der Waals surface area contributed by atoms with E-state index in [0.29, 0.717) is 27.4 Å². The summed E-state index contributed by atoms with van der Waals surface area (Å²) in [6, 6.07) is 20.7. The van der Waals surface area contributed by atoms with Crippen molar-refractivity contribution in [2.24, 2.45) is 0 Å². The molecule has 0 aliphatic heterocycles. The maximum atomic E-state index is 6.54. The van der Waals surface area contributed by atoms with Crippen LogP contribution in [0.3, 0.4) is 0 Å². The molecule has 0 spiro atoms. The molecule has 154 valence electrons. The van der Waals surface area contributed by atoms with Crippen LogP contribution >= 0.6 is 47.0 Å². The van der Waals surface area contributed by atoms with Crippen LogP contribution in [0.2, 0.25) is 15.1 Å². The standard InChI is InChI=1S/C24H15Cl3N2OS/c25-18-6-1-15(2-7-18)13-30-24-28-12-21(20-10-3-16(14-31)11-22(20)27)23(29-24)17-4-8-19(26)9-5-17/h1-12,14H,13H2. The predicted octanol–water partition coefficient (Wildman–Crippen LogP) is 7.70. The fourth-order valence-electron chi connectivity index (χ4n) is 3.01. The first kappa shape index (κ1) is 21.7. The van der Waals surface area contributed by atoms with Crippen LogP contribution in [-0.4, -0.2) is 15.3 Å². The molecule has 3 aromatic carbocycles. The Hall–Kier alpha value is -2.50. The second-order valence-corrected chi connectivity index (χ2v) is 8.21. The van der Waals surface area contributed by atoms with E-state index in [4.69, 9.17) is 51.8 Å². The lowest BCUT2D eigenvalue weighted by Crippen LogP contribution is -2.02. The molecule has 4 rings (SSSR count). The zero-order valence-corrected chi connectivity index (χ0v) is 19.1. The Labute approximate surface area is 200 Å². The minimum atomic E-state index is 0.260. The van der Waals surface area contributed by atoms with Crippen molar-refractivity contribution < 1.29 is 4.74 Å². The van der Waals surface area contributed by atoms with E-state index in [-0.39, 0.29) is 6.01 Å². The molecule has 0 atom stereocenters. The van der Waals surface area contributed by atoms with Crippen LogP contribution in [0.5, 0.6) is 6.01 Å². The summed E-state index contributed by atoms with van der Waals surface area (Å²) in [7, 11) is 0. The molecule has 7 heteroatoms. The zero-order chi connectivity index (χ0) is 21.8. The number of thiocarbonyl (C=S) groups is 1. The van der Waals surface area contributed by atoms with Crippen molar-refractivity contribution in [3.05, 3.63) is 99.1 Å². The summed E-state index contributed by atoms with van der Waals surface area (Å²) in [6.07, 6.45) is 1.71. The number of hydrogen-bond donors (Lipinski definition) is 0. The van der Waals surface area contributed by atoms with Crippen molar-refractivity contribution in [3.8, 4) is 28.4 Å². The third kappa shape index (κ3) is 5.23. The smallest absolute Gasteiger partial charge is 0.317 e. The Balaban J connectivity index is 1.73. The zero-order valence-electron chi connectivity index (χ0n) is 16.1. The van der Waals surface area contributed by atoms with E-state index in [0.717, 1.165) is 27.8 Å². The lowest BCUT2D eigenvalue weighted by atomic mass is 10.00. The van der Waals surface area contributed by atoms with Crippen molar-refractivity contribution in [1.29, 1.82) is 0 Å². The van der Waals surface area contributed by atoms with Gasteiger partial charge in [-0.2, -0.15) is 4.98 Å². The summed E-state index contributed by atoms with van der Waals surface area (Å²) >= 11 is 23.6. The van der Waals surface area contributed by atoms with E-state index in [2.05, 4.69) is 9.97 Å². The molecule has 0 N–H and O–H groups in total. The molecular weight excluding hydrogens is 471 g/mol. The van der Waals surface area contributed by atoms with Gasteiger partial charge in [0, 0.05) is 43.3 Å². The Morgan fingerprint density at radius 2 is 1.52 bits per heavy atom. The van der Waals surface area contributed by atoms with Gasteiger partial charge in [-0.1, -0.05) is 83.4 Å². The van der Waals surface area contributed by atoms with Crippen LogP contribution < -0.4 is 4.74 Å². The van der Waals surface area contributed by atoms with Gasteiger partial charge in [-0.15, -0.1) is 0 Å². The molecule has 0 amide bonds. The van der Waals surface area contributed by atoms with Crippen molar-refractivity contribution in [3.63, 3.8) is 0 Å². The lowest BCUT2D eigenvalue weighted by Gasteiger charge is -2.13. The minimum Gasteiger partial charge on any atom is -0.459 e. The minimum absolute atomic E-state index is 0.260. The van der Waals surface area contributed by atoms with E-state index in [1.54, 1.807) is 11.6 Å². The van der Waals surface area contributed by atoms with Gasteiger partial charge in [-0.3, -0.25) is 0 Å². The van der Waals surface area contributed by atoms with Gasteiger partial charge in [0.25, 0.3) is 0 Å². The maximum absolute atomic E-state index is 6.54. The molecule has 1 aromatic heterocycles. The molecule has 0 radical (unpaired) electrons. The fraction of sp³-hybridized carbons (Fsp3) is 0.0417. The van der Waals surface area contributed by atoms with Crippen LogP contribution in [0.4, 0.5) is 0 Å². The van der Waals surface area contributed by atoms with Gasteiger partial charge >= 0.3 is 6.01 Å². The number of hydrogen-bond acceptors (Lipinski definition) is 4. The number of rotatable bonds is 6. The Morgan fingerprint density at radius 1 is 0.839 bits per heavy atom. The second kappa shape index (κ2) is 9.75. The van der Waals surface area contributed by atoms with E-state index in [9.17, 15) is 0 Å². The molecule has 3 nitrogen and oxygen atoms in total. The number of ether oxygens (including phenoxy) is 1. The molecule has 0 saturated carbocycles. The summed E-state index contributed by atoms with van der Waals surface area (Å²) in [4.78, 5) is 9.08. The quantitative estimate of drug-likeness (QED) is 0.262. The summed E-state index contributed by atoms with van der Waals surface area (Å²) < 4.78 is 5.83. The molecule has 0 fully saturated rings. The Bertz CT molecular complexity index is 1230. The summed E-state index contributed by atoms with van der Waals surface area (Å²) in [6.45, 7) is 0.320. The average molecular weight is 486 g/mol. The van der Waals surface area contributed by atoms with Gasteiger partial charge in [0.15, 0.2) is 0 Å². The summed E-state index contributed by atoms with van der Waals surface area (Å²) in [5.41, 5.74) is 4.96. The highest BCUT2D eigenvalue weighted by atomic mass is 35.5. The van der Waals surface area contributed by atoms with E-state index in [1.807, 2.05) is 66.7 Å². The van der Waals surface area contributed by atoms with Gasteiger partial charge in [0.05, 0.1) is 5.69 Å². The van der Waals surface area contributed by atoms with Crippen molar-refractivity contribution in [2.45, 2.75) is 6.61 Å². The first-order valence-corrected chi connectivity index (χ1v) is 10.9. The van der Waals surface area contributed by atoms with Crippen molar-refractivity contribution in [1.82, 2.24) is 9.97 Å². The first-order valence-electron chi connectivity index (χ1n) is 9.29. The van der Waals surface area contributed by atoms with Crippen LogP contribution in [0.1, 0.15) is 11.1 Å². The molecule has 4 aromatic rings. The highest BCUT2D eigenvalue weighted by Gasteiger charge is 2.15. The van der Waals surface area contributed by atoms with Crippen molar-refractivity contribution >= 4 is 52.4 Å². The largest absolute Gasteiger partial charge is 0.459 e. The normalized spacial score (nSPS) is 10.7. The third-order valence-corrected chi connectivity index (χ3v) is 5.67. The predicted molar refractivity (Wildman–Crippen MR) is 131 cm³/mol. The SMILES string of the molecule is S=Cc1ccc(-c2cnc(OCc3ccc(Cl)cc3)nc2-c2ccc(Cl)cc2)c(Cl)c1. The fourth-order valence-corrected chi connectivity index (χ4v) is 3.70. The Kier molecular flexibility index (Phi) is 6.83. The second-order valence-electron chi connectivity index (χ2n) is 6.69. The number of nitrogens with zero attached hydrogens (tertiary/aromatic N) is 2.